The van der Waals surface area contributed by atoms with Crippen molar-refractivity contribution in [1.82, 2.24) is 10.6 Å². The van der Waals surface area contributed by atoms with Crippen LogP contribution < -0.4 is 15.4 Å². The summed E-state index contributed by atoms with van der Waals surface area (Å²) < 4.78 is 85.9. The molecule has 3 aromatic carbocycles. The Balaban J connectivity index is 1.88. The molecule has 39 heavy (non-hydrogen) atoms. The number of benzene rings is 3. The molecule has 2 amide bonds. The number of alkyl halides is 4. The molecule has 0 aliphatic heterocycles. The number of nitrogens with one attached hydrogen (secondary N) is 2. The van der Waals surface area contributed by atoms with E-state index in [1.54, 1.807) is 30.3 Å². The second-order valence-corrected chi connectivity index (χ2v) is 8.87. The lowest BCUT2D eigenvalue weighted by atomic mass is 9.77. The first kappa shape index (κ1) is 27.7. The maximum absolute atomic E-state index is 14.8. The number of carbonyl (C=O) groups is 2. The zero-order valence-corrected chi connectivity index (χ0v) is 20.2. The number of urea groups is 1. The van der Waals surface area contributed by atoms with Gasteiger partial charge in [0, 0.05) is 18.9 Å². The first-order chi connectivity index (χ1) is 18.5. The van der Waals surface area contributed by atoms with Gasteiger partial charge in [0.05, 0.1) is 11.2 Å². The summed E-state index contributed by atoms with van der Waals surface area (Å²) in [4.78, 5) is 25.3. The van der Waals surface area contributed by atoms with Gasteiger partial charge in [-0.3, -0.25) is 4.79 Å². The number of allylic oxidation sites excluding steroid dienone is 2. The van der Waals surface area contributed by atoms with Gasteiger partial charge < -0.3 is 15.4 Å². The minimum Gasteiger partial charge on any atom is -0.428 e. The third-order valence-corrected chi connectivity index (χ3v) is 6.12. The monoisotopic (exact) mass is 548 g/mol. The lowest BCUT2D eigenvalue weighted by Gasteiger charge is -2.37. The van der Waals surface area contributed by atoms with Crippen molar-refractivity contribution in [3.8, 4) is 5.75 Å². The van der Waals surface area contributed by atoms with Gasteiger partial charge in [-0.05, 0) is 47.4 Å². The third kappa shape index (κ3) is 6.42. The molecule has 0 saturated heterocycles. The topological polar surface area (TPSA) is 67.4 Å². The van der Waals surface area contributed by atoms with Crippen molar-refractivity contribution in [3.63, 3.8) is 0 Å². The molecule has 2 N–H and O–H groups in total. The van der Waals surface area contributed by atoms with Crippen molar-refractivity contribution in [3.05, 3.63) is 113 Å². The van der Waals surface area contributed by atoms with Crippen LogP contribution in [0, 0.1) is 11.6 Å². The zero-order valence-electron chi connectivity index (χ0n) is 20.2. The van der Waals surface area contributed by atoms with Crippen LogP contribution in [-0.4, -0.2) is 24.3 Å². The number of ketones is 1. The molecule has 1 atom stereocenters. The Morgan fingerprint density at radius 2 is 1.62 bits per heavy atom. The van der Waals surface area contributed by atoms with E-state index in [-0.39, 0.29) is 35.4 Å². The first-order valence-electron chi connectivity index (χ1n) is 11.8. The summed E-state index contributed by atoms with van der Waals surface area (Å²) in [5.74, 6) is -2.98. The summed E-state index contributed by atoms with van der Waals surface area (Å²) in [7, 11) is 0. The lowest BCUT2D eigenvalue weighted by Crippen LogP contribution is -2.52. The molecule has 0 radical (unpaired) electrons. The highest BCUT2D eigenvalue weighted by Crippen LogP contribution is 2.38. The highest BCUT2D eigenvalue weighted by atomic mass is 19.3. The van der Waals surface area contributed by atoms with E-state index >= 15 is 0 Å². The molecule has 1 unspecified atom stereocenters. The number of carbonyl (C=O) groups excluding carboxylic acids is 2. The minimum absolute atomic E-state index is 0.0417. The Morgan fingerprint density at radius 1 is 0.923 bits per heavy atom. The minimum atomic E-state index is -4.93. The molecule has 11 heteroatoms. The second kappa shape index (κ2) is 11.2. The van der Waals surface area contributed by atoms with E-state index in [0.29, 0.717) is 18.1 Å². The molecule has 0 bridgehead atoms. The predicted octanol–water partition coefficient (Wildman–Crippen LogP) is 6.23. The van der Waals surface area contributed by atoms with Gasteiger partial charge in [-0.15, -0.1) is 0 Å². The standard InChI is InChI=1S/C28H22F6N2O3/c29-20-11-9-18(10-12-20)27(16-17-5-2-1-3-6-17,36-26(38)35-23-7-4-8-24(23)37)19-13-21(30)15-22(14-19)39-28(33,34)25(31)32/h1-3,5-7,9-15,25H,4,8,16H2,(H2,35,36,38). The van der Waals surface area contributed by atoms with E-state index in [2.05, 4.69) is 15.4 Å². The van der Waals surface area contributed by atoms with Crippen LogP contribution in [0.15, 0.2) is 84.6 Å². The SMILES string of the molecule is O=C(NC1=CCCC1=O)NC(Cc1ccccc1)(c1ccc(F)cc1)c1cc(F)cc(OC(F)(F)C(F)F)c1. The van der Waals surface area contributed by atoms with Crippen LogP contribution in [0.3, 0.4) is 0 Å². The van der Waals surface area contributed by atoms with Crippen molar-refractivity contribution < 1.29 is 40.7 Å². The molecule has 0 saturated carbocycles. The Labute approximate surface area is 219 Å². The summed E-state index contributed by atoms with van der Waals surface area (Å²) in [5, 5.41) is 5.14. The normalized spacial score (nSPS) is 15.1. The third-order valence-electron chi connectivity index (χ3n) is 6.12. The molecule has 0 aromatic heterocycles. The highest BCUT2D eigenvalue weighted by Gasteiger charge is 2.45. The van der Waals surface area contributed by atoms with Crippen LogP contribution in [0.25, 0.3) is 0 Å². The van der Waals surface area contributed by atoms with Gasteiger partial charge in [-0.25, -0.2) is 13.6 Å². The zero-order chi connectivity index (χ0) is 28.2. The molecule has 1 aliphatic rings. The van der Waals surface area contributed by atoms with Gasteiger partial charge in [-0.1, -0.05) is 48.5 Å². The average Bonchev–Trinajstić information content (AvgIpc) is 3.27. The second-order valence-electron chi connectivity index (χ2n) is 8.87. The molecule has 0 fully saturated rings. The van der Waals surface area contributed by atoms with Gasteiger partial charge in [0.1, 0.15) is 17.4 Å². The van der Waals surface area contributed by atoms with Crippen LogP contribution in [0.1, 0.15) is 29.5 Å². The van der Waals surface area contributed by atoms with E-state index in [0.717, 1.165) is 24.3 Å². The van der Waals surface area contributed by atoms with Crippen LogP contribution in [0.4, 0.5) is 31.1 Å². The largest absolute Gasteiger partial charge is 0.461 e. The summed E-state index contributed by atoms with van der Waals surface area (Å²) in [6.45, 7) is 0. The Hall–Kier alpha value is -4.28. The molecular formula is C28H22F6N2O3. The highest BCUT2D eigenvalue weighted by molar-refractivity contribution is 6.00. The average molecular weight is 548 g/mol. The van der Waals surface area contributed by atoms with Crippen LogP contribution in [0.5, 0.6) is 5.75 Å². The molecule has 4 rings (SSSR count). The molecule has 5 nitrogen and oxygen atoms in total. The Bertz CT molecular complexity index is 1380. The number of rotatable bonds is 9. The van der Waals surface area contributed by atoms with Crippen LogP contribution >= 0.6 is 0 Å². The van der Waals surface area contributed by atoms with Crippen molar-refractivity contribution in [2.24, 2.45) is 0 Å². The van der Waals surface area contributed by atoms with E-state index < -0.39 is 41.5 Å². The summed E-state index contributed by atoms with van der Waals surface area (Å²) in [6, 6.07) is 14.7. The predicted molar refractivity (Wildman–Crippen MR) is 129 cm³/mol. The van der Waals surface area contributed by atoms with Gasteiger partial charge in [0.2, 0.25) is 0 Å². The van der Waals surface area contributed by atoms with Crippen LogP contribution in [0.2, 0.25) is 0 Å². The smallest absolute Gasteiger partial charge is 0.428 e. The molecular weight excluding hydrogens is 526 g/mol. The van der Waals surface area contributed by atoms with Crippen molar-refractivity contribution in [2.45, 2.75) is 37.3 Å². The van der Waals surface area contributed by atoms with E-state index in [1.807, 2.05) is 0 Å². The molecule has 1 aliphatic carbocycles. The molecule has 3 aromatic rings. The summed E-state index contributed by atoms with van der Waals surface area (Å²) >= 11 is 0. The van der Waals surface area contributed by atoms with Gasteiger partial charge >= 0.3 is 18.6 Å². The van der Waals surface area contributed by atoms with E-state index in [1.165, 1.54) is 18.2 Å². The lowest BCUT2D eigenvalue weighted by molar-refractivity contribution is -0.253. The van der Waals surface area contributed by atoms with Crippen molar-refractivity contribution in [1.29, 1.82) is 0 Å². The fourth-order valence-electron chi connectivity index (χ4n) is 4.33. The van der Waals surface area contributed by atoms with Crippen molar-refractivity contribution in [2.75, 3.05) is 0 Å². The van der Waals surface area contributed by atoms with E-state index in [9.17, 15) is 35.9 Å². The van der Waals surface area contributed by atoms with E-state index in [4.69, 9.17) is 0 Å². The molecule has 204 valence electrons. The van der Waals surface area contributed by atoms with Gasteiger partial charge in [0.25, 0.3) is 0 Å². The number of ether oxygens (including phenoxy) is 1. The van der Waals surface area contributed by atoms with Crippen molar-refractivity contribution >= 4 is 11.8 Å². The van der Waals surface area contributed by atoms with Crippen LogP contribution in [-0.2, 0) is 16.8 Å². The fourth-order valence-corrected chi connectivity index (χ4v) is 4.33. The Kier molecular flexibility index (Phi) is 7.98. The maximum Gasteiger partial charge on any atom is 0.461 e. The molecule has 0 spiro atoms. The van der Waals surface area contributed by atoms with Gasteiger partial charge in [-0.2, -0.15) is 17.6 Å². The fraction of sp³-hybridized carbons (Fsp3) is 0.214. The van der Waals surface area contributed by atoms with Gasteiger partial charge in [0.15, 0.2) is 5.78 Å². The quantitative estimate of drug-likeness (QED) is 0.312. The maximum atomic E-state index is 14.8. The summed E-state index contributed by atoms with van der Waals surface area (Å²) in [6.07, 6.45) is -7.09. The number of Topliss-reactive ketones (excluding diaryl/α,β-unsaturated/α-hetero) is 1. The number of halogens is 6. The number of hydrogen-bond acceptors (Lipinski definition) is 3. The number of hydrogen-bond donors (Lipinski definition) is 2. The molecule has 0 heterocycles. The first-order valence-corrected chi connectivity index (χ1v) is 11.8. The number of amides is 2. The Morgan fingerprint density at radius 3 is 2.23 bits per heavy atom. The summed E-state index contributed by atoms with van der Waals surface area (Å²) in [5.41, 5.74) is -1.11.